The minimum absolute atomic E-state index is 0.200. The van der Waals surface area contributed by atoms with Crippen LogP contribution in [0.3, 0.4) is 0 Å². The van der Waals surface area contributed by atoms with Gasteiger partial charge in [0.05, 0.1) is 22.3 Å². The summed E-state index contributed by atoms with van der Waals surface area (Å²) in [6.07, 6.45) is 0. The molecule has 90 valence electrons. The second kappa shape index (κ2) is 4.89. The molecule has 2 aromatic rings. The highest BCUT2D eigenvalue weighted by molar-refractivity contribution is 6.39. The number of anilines is 1. The van der Waals surface area contributed by atoms with Gasteiger partial charge in [-0.1, -0.05) is 23.2 Å². The summed E-state index contributed by atoms with van der Waals surface area (Å²) in [6.45, 7) is 1.96. The van der Waals surface area contributed by atoms with E-state index in [0.717, 1.165) is 0 Å². The van der Waals surface area contributed by atoms with Crippen LogP contribution in [0, 0.1) is 12.7 Å². The molecular weight excluding hydrogens is 268 g/mol. The van der Waals surface area contributed by atoms with Gasteiger partial charge < -0.3 is 9.73 Å². The van der Waals surface area contributed by atoms with E-state index in [9.17, 15) is 4.39 Å². The summed E-state index contributed by atoms with van der Waals surface area (Å²) in [5.74, 6) is 0.385. The maximum Gasteiger partial charge on any atom is 0.235 e. The zero-order valence-corrected chi connectivity index (χ0v) is 10.3. The zero-order chi connectivity index (χ0) is 12.4. The second-order valence-corrected chi connectivity index (χ2v) is 4.13. The van der Waals surface area contributed by atoms with Crippen LogP contribution in [-0.4, -0.2) is 10.2 Å². The Balaban J connectivity index is 2.14. The van der Waals surface area contributed by atoms with E-state index in [4.69, 9.17) is 27.6 Å². The van der Waals surface area contributed by atoms with Crippen molar-refractivity contribution in [2.45, 2.75) is 13.5 Å². The summed E-state index contributed by atoms with van der Waals surface area (Å²) in [4.78, 5) is 0. The standard InChI is InChI=1S/C10H8Cl2FN3O/c1-5-15-16-9(17-5)4-14-10-7(11)2-6(13)3-8(10)12/h2-3,14H,4H2,1H3. The van der Waals surface area contributed by atoms with Gasteiger partial charge in [0.2, 0.25) is 11.8 Å². The van der Waals surface area contributed by atoms with Crippen LogP contribution >= 0.6 is 23.2 Å². The maximum absolute atomic E-state index is 12.9. The molecule has 1 heterocycles. The van der Waals surface area contributed by atoms with Crippen molar-refractivity contribution in [1.29, 1.82) is 0 Å². The average molecular weight is 276 g/mol. The lowest BCUT2D eigenvalue weighted by atomic mass is 10.3. The molecule has 0 amide bonds. The van der Waals surface area contributed by atoms with Crippen molar-refractivity contribution in [3.63, 3.8) is 0 Å². The highest BCUT2D eigenvalue weighted by Crippen LogP contribution is 2.31. The number of rotatable bonds is 3. The molecule has 0 aliphatic rings. The summed E-state index contributed by atoms with van der Waals surface area (Å²) >= 11 is 11.7. The largest absolute Gasteiger partial charge is 0.424 e. The molecule has 0 saturated carbocycles. The number of aromatic nitrogens is 2. The minimum atomic E-state index is -0.487. The number of hydrogen-bond donors (Lipinski definition) is 1. The van der Waals surface area contributed by atoms with Crippen LogP contribution in [0.1, 0.15) is 11.8 Å². The van der Waals surface area contributed by atoms with Crippen LogP contribution in [-0.2, 0) is 6.54 Å². The van der Waals surface area contributed by atoms with E-state index in [0.29, 0.717) is 17.5 Å². The average Bonchev–Trinajstić information content (AvgIpc) is 2.62. The molecule has 0 aliphatic heterocycles. The first kappa shape index (κ1) is 12.1. The molecule has 1 N–H and O–H groups in total. The fraction of sp³-hybridized carbons (Fsp3) is 0.200. The van der Waals surface area contributed by atoms with Gasteiger partial charge in [-0.25, -0.2) is 4.39 Å². The topological polar surface area (TPSA) is 51.0 Å². The summed E-state index contributed by atoms with van der Waals surface area (Å²) in [5.41, 5.74) is 0.436. The quantitative estimate of drug-likeness (QED) is 0.933. The molecule has 0 unspecified atom stereocenters. The van der Waals surface area contributed by atoms with Gasteiger partial charge in [0.1, 0.15) is 5.82 Å². The third-order valence-electron chi connectivity index (χ3n) is 1.99. The van der Waals surface area contributed by atoms with E-state index in [1.807, 2.05) is 0 Å². The van der Waals surface area contributed by atoms with Crippen molar-refractivity contribution >= 4 is 28.9 Å². The highest BCUT2D eigenvalue weighted by Gasteiger charge is 2.09. The van der Waals surface area contributed by atoms with Crippen molar-refractivity contribution in [2.75, 3.05) is 5.32 Å². The Hall–Kier alpha value is -1.33. The molecular formula is C10H8Cl2FN3O. The lowest BCUT2D eigenvalue weighted by Crippen LogP contribution is -2.01. The number of benzene rings is 1. The lowest BCUT2D eigenvalue weighted by molar-refractivity contribution is 0.475. The fourth-order valence-corrected chi connectivity index (χ4v) is 1.88. The van der Waals surface area contributed by atoms with Crippen LogP contribution in [0.25, 0.3) is 0 Å². The van der Waals surface area contributed by atoms with Gasteiger partial charge in [-0.05, 0) is 12.1 Å². The van der Waals surface area contributed by atoms with E-state index in [1.165, 1.54) is 12.1 Å². The molecule has 1 aromatic carbocycles. The number of nitrogens with one attached hydrogen (secondary N) is 1. The molecule has 0 atom stereocenters. The Morgan fingerprint density at radius 1 is 1.29 bits per heavy atom. The van der Waals surface area contributed by atoms with Crippen molar-refractivity contribution < 1.29 is 8.81 Å². The summed E-state index contributed by atoms with van der Waals surface area (Å²) in [6, 6.07) is 2.35. The Kier molecular flexibility index (Phi) is 3.49. The predicted octanol–water partition coefficient (Wildman–Crippen LogP) is 3.44. The lowest BCUT2D eigenvalue weighted by Gasteiger charge is -2.08. The van der Waals surface area contributed by atoms with E-state index in [1.54, 1.807) is 6.92 Å². The van der Waals surface area contributed by atoms with E-state index in [-0.39, 0.29) is 16.6 Å². The Morgan fingerprint density at radius 2 is 1.94 bits per heavy atom. The predicted molar refractivity (Wildman–Crippen MR) is 62.8 cm³/mol. The van der Waals surface area contributed by atoms with Gasteiger partial charge >= 0.3 is 0 Å². The van der Waals surface area contributed by atoms with Gasteiger partial charge in [0.25, 0.3) is 0 Å². The van der Waals surface area contributed by atoms with Crippen LogP contribution in [0.4, 0.5) is 10.1 Å². The SMILES string of the molecule is Cc1nnc(CNc2c(Cl)cc(F)cc2Cl)o1. The molecule has 0 bridgehead atoms. The number of halogens is 3. The molecule has 0 fully saturated rings. The molecule has 1 aromatic heterocycles. The molecule has 4 nitrogen and oxygen atoms in total. The van der Waals surface area contributed by atoms with Crippen LogP contribution in [0.15, 0.2) is 16.5 Å². The van der Waals surface area contributed by atoms with Crippen molar-refractivity contribution in [3.05, 3.63) is 39.8 Å². The first-order chi connectivity index (χ1) is 8.06. The Bertz CT molecular complexity index is 521. The molecule has 0 aliphatic carbocycles. The number of aryl methyl sites for hydroxylation is 1. The smallest absolute Gasteiger partial charge is 0.235 e. The Labute approximate surface area is 107 Å². The highest BCUT2D eigenvalue weighted by atomic mass is 35.5. The molecule has 7 heteroatoms. The summed E-state index contributed by atoms with van der Waals surface area (Å²) < 4.78 is 18.1. The van der Waals surface area contributed by atoms with E-state index >= 15 is 0 Å². The molecule has 17 heavy (non-hydrogen) atoms. The van der Waals surface area contributed by atoms with Crippen LogP contribution in [0.2, 0.25) is 10.0 Å². The van der Waals surface area contributed by atoms with Gasteiger partial charge in [-0.2, -0.15) is 0 Å². The third-order valence-corrected chi connectivity index (χ3v) is 2.59. The number of hydrogen-bond acceptors (Lipinski definition) is 4. The van der Waals surface area contributed by atoms with Gasteiger partial charge in [0, 0.05) is 6.92 Å². The zero-order valence-electron chi connectivity index (χ0n) is 8.80. The van der Waals surface area contributed by atoms with Crippen LogP contribution < -0.4 is 5.32 Å². The van der Waals surface area contributed by atoms with Crippen molar-refractivity contribution in [2.24, 2.45) is 0 Å². The number of nitrogens with zero attached hydrogens (tertiary/aromatic N) is 2. The fourth-order valence-electron chi connectivity index (χ4n) is 1.28. The Morgan fingerprint density at radius 3 is 2.47 bits per heavy atom. The summed E-state index contributed by atoms with van der Waals surface area (Å²) in [7, 11) is 0. The minimum Gasteiger partial charge on any atom is -0.424 e. The van der Waals surface area contributed by atoms with Gasteiger partial charge in [-0.15, -0.1) is 10.2 Å². The van der Waals surface area contributed by atoms with Crippen molar-refractivity contribution in [1.82, 2.24) is 10.2 Å². The molecule has 0 saturated heterocycles. The van der Waals surface area contributed by atoms with Crippen molar-refractivity contribution in [3.8, 4) is 0 Å². The third kappa shape index (κ3) is 2.87. The maximum atomic E-state index is 12.9. The first-order valence-electron chi connectivity index (χ1n) is 4.73. The molecule has 0 spiro atoms. The van der Waals surface area contributed by atoms with E-state index < -0.39 is 5.82 Å². The van der Waals surface area contributed by atoms with E-state index in [2.05, 4.69) is 15.5 Å². The van der Waals surface area contributed by atoms with Gasteiger partial charge in [0.15, 0.2) is 0 Å². The molecule has 0 radical (unpaired) electrons. The summed E-state index contributed by atoms with van der Waals surface area (Å²) in [5, 5.41) is 10.8. The normalized spacial score (nSPS) is 10.6. The first-order valence-corrected chi connectivity index (χ1v) is 5.49. The second-order valence-electron chi connectivity index (χ2n) is 3.31. The van der Waals surface area contributed by atoms with Gasteiger partial charge in [-0.3, -0.25) is 0 Å². The molecule has 2 rings (SSSR count). The van der Waals surface area contributed by atoms with Crippen LogP contribution in [0.5, 0.6) is 0 Å². The monoisotopic (exact) mass is 275 g/mol.